The van der Waals surface area contributed by atoms with Gasteiger partial charge in [-0.2, -0.15) is 0 Å². The molecule has 2 aliphatic rings. The SMILES string of the molecule is CCC(C(=O)O)N1CC2(CCC(c3ccccc3)(N(C)C)CC2)NC1=O. The zero-order valence-corrected chi connectivity index (χ0v) is 15.9. The summed E-state index contributed by atoms with van der Waals surface area (Å²) in [5.41, 5.74) is 0.952. The monoisotopic (exact) mass is 359 g/mol. The smallest absolute Gasteiger partial charge is 0.326 e. The molecule has 1 atom stereocenters. The third-order valence-electron chi connectivity index (χ3n) is 6.36. The van der Waals surface area contributed by atoms with E-state index in [0.717, 1.165) is 25.7 Å². The number of benzene rings is 1. The molecule has 6 heteroatoms. The first-order chi connectivity index (χ1) is 12.3. The molecule has 1 aliphatic heterocycles. The number of nitrogens with zero attached hydrogens (tertiary/aromatic N) is 2. The Morgan fingerprint density at radius 1 is 1.23 bits per heavy atom. The molecular weight excluding hydrogens is 330 g/mol. The van der Waals surface area contributed by atoms with Crippen LogP contribution in [0.5, 0.6) is 0 Å². The number of carbonyl (C=O) groups excluding carboxylic acids is 1. The lowest BCUT2D eigenvalue weighted by molar-refractivity contribution is -0.142. The number of nitrogens with one attached hydrogen (secondary N) is 1. The van der Waals surface area contributed by atoms with Crippen molar-refractivity contribution in [2.24, 2.45) is 0 Å². The summed E-state index contributed by atoms with van der Waals surface area (Å²) in [6, 6.07) is 9.54. The lowest BCUT2D eigenvalue weighted by atomic mass is 9.69. The Morgan fingerprint density at radius 2 is 1.85 bits per heavy atom. The molecule has 0 bridgehead atoms. The van der Waals surface area contributed by atoms with Gasteiger partial charge in [-0.15, -0.1) is 0 Å². The van der Waals surface area contributed by atoms with Gasteiger partial charge in [-0.05, 0) is 51.8 Å². The van der Waals surface area contributed by atoms with Gasteiger partial charge in [0.25, 0.3) is 0 Å². The van der Waals surface area contributed by atoms with Crippen LogP contribution in [0.1, 0.15) is 44.6 Å². The van der Waals surface area contributed by atoms with E-state index in [2.05, 4.69) is 48.6 Å². The van der Waals surface area contributed by atoms with E-state index in [1.165, 1.54) is 10.5 Å². The lowest BCUT2D eigenvalue weighted by Crippen LogP contribution is -2.54. The summed E-state index contributed by atoms with van der Waals surface area (Å²) in [5.74, 6) is -0.928. The van der Waals surface area contributed by atoms with Gasteiger partial charge in [0.1, 0.15) is 6.04 Å². The van der Waals surface area contributed by atoms with Crippen molar-refractivity contribution in [3.8, 4) is 0 Å². The number of hydrogen-bond acceptors (Lipinski definition) is 3. The first-order valence-corrected chi connectivity index (χ1v) is 9.38. The molecule has 2 fully saturated rings. The minimum absolute atomic E-state index is 0.0401. The molecule has 1 unspecified atom stereocenters. The van der Waals surface area contributed by atoms with Gasteiger partial charge in [0, 0.05) is 12.1 Å². The maximum atomic E-state index is 12.5. The zero-order chi connectivity index (χ0) is 18.9. The van der Waals surface area contributed by atoms with Crippen LogP contribution >= 0.6 is 0 Å². The first-order valence-electron chi connectivity index (χ1n) is 9.38. The molecule has 26 heavy (non-hydrogen) atoms. The Balaban J connectivity index is 1.79. The highest BCUT2D eigenvalue weighted by Gasteiger charge is 2.51. The highest BCUT2D eigenvalue weighted by molar-refractivity contribution is 5.85. The van der Waals surface area contributed by atoms with Gasteiger partial charge >= 0.3 is 12.0 Å². The Bertz CT molecular complexity index is 666. The molecule has 1 aliphatic carbocycles. The van der Waals surface area contributed by atoms with Crippen molar-refractivity contribution in [3.63, 3.8) is 0 Å². The van der Waals surface area contributed by atoms with E-state index in [4.69, 9.17) is 0 Å². The third kappa shape index (κ3) is 3.07. The second-order valence-corrected chi connectivity index (χ2v) is 7.89. The minimum atomic E-state index is -0.928. The number of carboxylic acids is 1. The van der Waals surface area contributed by atoms with Gasteiger partial charge in [0.15, 0.2) is 0 Å². The number of rotatable bonds is 5. The number of amides is 2. The predicted octanol–water partition coefficient (Wildman–Crippen LogP) is 2.64. The summed E-state index contributed by atoms with van der Waals surface area (Å²) < 4.78 is 0. The maximum absolute atomic E-state index is 12.5. The highest BCUT2D eigenvalue weighted by Crippen LogP contribution is 2.46. The molecule has 0 aromatic heterocycles. The van der Waals surface area contributed by atoms with Gasteiger partial charge < -0.3 is 15.3 Å². The van der Waals surface area contributed by atoms with Crippen molar-refractivity contribution in [2.45, 2.75) is 56.1 Å². The highest BCUT2D eigenvalue weighted by atomic mass is 16.4. The summed E-state index contributed by atoms with van der Waals surface area (Å²) in [7, 11) is 4.23. The number of hydrogen-bond donors (Lipinski definition) is 2. The van der Waals surface area contributed by atoms with Gasteiger partial charge in [-0.3, -0.25) is 4.90 Å². The zero-order valence-electron chi connectivity index (χ0n) is 15.9. The molecule has 6 nitrogen and oxygen atoms in total. The molecule has 2 N–H and O–H groups in total. The molecule has 142 valence electrons. The summed E-state index contributed by atoms with van der Waals surface area (Å²) >= 11 is 0. The van der Waals surface area contributed by atoms with E-state index >= 15 is 0 Å². The molecule has 1 heterocycles. The molecular formula is C20H29N3O3. The van der Waals surface area contributed by atoms with E-state index in [9.17, 15) is 14.7 Å². The van der Waals surface area contributed by atoms with Crippen LogP contribution < -0.4 is 5.32 Å². The van der Waals surface area contributed by atoms with Gasteiger partial charge in [-0.25, -0.2) is 9.59 Å². The van der Waals surface area contributed by atoms with Gasteiger partial charge in [0.2, 0.25) is 0 Å². The third-order valence-corrected chi connectivity index (χ3v) is 6.36. The largest absolute Gasteiger partial charge is 0.480 e. The maximum Gasteiger partial charge on any atom is 0.326 e. The summed E-state index contributed by atoms with van der Waals surface area (Å²) in [5, 5.41) is 12.5. The number of carboxylic acid groups (broad SMARTS) is 1. The van der Waals surface area contributed by atoms with Crippen LogP contribution in [-0.2, 0) is 10.3 Å². The van der Waals surface area contributed by atoms with Crippen LogP contribution in [0.3, 0.4) is 0 Å². The number of aliphatic carboxylic acids is 1. The van der Waals surface area contributed by atoms with Crippen molar-refractivity contribution in [3.05, 3.63) is 35.9 Å². The first kappa shape index (κ1) is 18.7. The second-order valence-electron chi connectivity index (χ2n) is 7.89. The second kappa shape index (κ2) is 6.91. The van der Waals surface area contributed by atoms with Crippen LogP contribution in [0.15, 0.2) is 30.3 Å². The number of urea groups is 1. The average molecular weight is 359 g/mol. The fourth-order valence-electron chi connectivity index (χ4n) is 4.68. The predicted molar refractivity (Wildman–Crippen MR) is 100.0 cm³/mol. The molecule has 1 aromatic carbocycles. The average Bonchev–Trinajstić information content (AvgIpc) is 2.93. The van der Waals surface area contributed by atoms with Crippen molar-refractivity contribution in [1.29, 1.82) is 0 Å². The fourth-order valence-corrected chi connectivity index (χ4v) is 4.68. The van der Waals surface area contributed by atoms with Crippen LogP contribution in [0.2, 0.25) is 0 Å². The van der Waals surface area contributed by atoms with E-state index in [1.807, 2.05) is 13.0 Å². The van der Waals surface area contributed by atoms with E-state index in [1.54, 1.807) is 0 Å². The van der Waals surface area contributed by atoms with Crippen molar-refractivity contribution in [2.75, 3.05) is 20.6 Å². The molecule has 0 radical (unpaired) electrons. The Morgan fingerprint density at radius 3 is 2.35 bits per heavy atom. The van der Waals surface area contributed by atoms with Gasteiger partial charge in [0.05, 0.1) is 5.54 Å². The minimum Gasteiger partial charge on any atom is -0.480 e. The quantitative estimate of drug-likeness (QED) is 0.848. The van der Waals surface area contributed by atoms with E-state index < -0.39 is 12.0 Å². The van der Waals surface area contributed by atoms with E-state index in [-0.39, 0.29) is 17.1 Å². The van der Waals surface area contributed by atoms with Crippen LogP contribution in [-0.4, -0.2) is 59.1 Å². The molecule has 1 spiro atoms. The number of carbonyl (C=O) groups is 2. The van der Waals surface area contributed by atoms with Crippen LogP contribution in [0.4, 0.5) is 4.79 Å². The van der Waals surface area contributed by atoms with E-state index in [0.29, 0.717) is 13.0 Å². The fraction of sp³-hybridized carbons (Fsp3) is 0.600. The summed E-state index contributed by atoms with van der Waals surface area (Å²) in [6.07, 6.45) is 3.98. The van der Waals surface area contributed by atoms with Gasteiger partial charge in [-0.1, -0.05) is 37.3 Å². The van der Waals surface area contributed by atoms with Crippen molar-refractivity contribution in [1.82, 2.24) is 15.1 Å². The summed E-state index contributed by atoms with van der Waals surface area (Å²) in [4.78, 5) is 27.7. The topological polar surface area (TPSA) is 72.9 Å². The van der Waals surface area contributed by atoms with Crippen molar-refractivity contribution >= 4 is 12.0 Å². The molecule has 3 rings (SSSR count). The molecule has 1 saturated carbocycles. The Hall–Kier alpha value is -2.08. The molecule has 1 aromatic rings. The standard InChI is InChI=1S/C20H29N3O3/c1-4-16(17(24)25)23-14-19(21-18(23)26)10-12-20(13-11-19,22(2)3)15-8-6-5-7-9-15/h5-9,16H,4,10-14H2,1-3H3,(H,21,26)(H,24,25). The molecule has 1 saturated heterocycles. The Kier molecular flexibility index (Phi) is 4.97. The van der Waals surface area contributed by atoms with Crippen LogP contribution in [0, 0.1) is 0 Å². The normalized spacial score (nSPS) is 29.8. The molecule has 2 amide bonds. The van der Waals surface area contributed by atoms with Crippen molar-refractivity contribution < 1.29 is 14.7 Å². The summed E-state index contributed by atoms with van der Waals surface area (Å²) in [6.45, 7) is 2.29. The van der Waals surface area contributed by atoms with Crippen LogP contribution in [0.25, 0.3) is 0 Å². The Labute approximate surface area is 155 Å². The lowest BCUT2D eigenvalue weighted by Gasteiger charge is -2.48.